The van der Waals surface area contributed by atoms with E-state index in [0.29, 0.717) is 16.3 Å². The molecule has 2 aromatic rings. The lowest BCUT2D eigenvalue weighted by Crippen LogP contribution is -2.43. The number of carbonyl (C=O) groups is 3. The highest BCUT2D eigenvalue weighted by atomic mass is 32.1. The van der Waals surface area contributed by atoms with Crippen molar-refractivity contribution in [2.75, 3.05) is 13.2 Å². The molecule has 0 radical (unpaired) electrons. The maximum absolute atomic E-state index is 12.7. The van der Waals surface area contributed by atoms with Gasteiger partial charge in [-0.15, -0.1) is 11.3 Å². The number of esters is 2. The van der Waals surface area contributed by atoms with Gasteiger partial charge in [0.05, 0.1) is 18.1 Å². The number of fused-ring (bicyclic) bond motifs is 1. The summed E-state index contributed by atoms with van der Waals surface area (Å²) in [5.41, 5.74) is 1.12. The van der Waals surface area contributed by atoms with Crippen LogP contribution >= 0.6 is 11.3 Å². The van der Waals surface area contributed by atoms with E-state index in [0.717, 1.165) is 11.1 Å². The van der Waals surface area contributed by atoms with E-state index in [9.17, 15) is 14.4 Å². The van der Waals surface area contributed by atoms with Crippen molar-refractivity contribution < 1.29 is 23.9 Å². The van der Waals surface area contributed by atoms with Gasteiger partial charge in [0.25, 0.3) is 0 Å². The Morgan fingerprint density at radius 3 is 2.37 bits per heavy atom. The molecule has 0 unspecified atom stereocenters. The van der Waals surface area contributed by atoms with Gasteiger partial charge in [-0.2, -0.15) is 0 Å². The van der Waals surface area contributed by atoms with Crippen LogP contribution in [0.25, 0.3) is 0 Å². The fourth-order valence-corrected chi connectivity index (χ4v) is 4.09. The molecule has 0 N–H and O–H groups in total. The summed E-state index contributed by atoms with van der Waals surface area (Å²) in [6.07, 6.45) is 0.320. The molecule has 2 heterocycles. The first-order chi connectivity index (χ1) is 12.9. The average Bonchev–Trinajstić information content (AvgIpc) is 3.30. The molecular weight excluding hydrogens is 366 g/mol. The van der Waals surface area contributed by atoms with Crippen LogP contribution in [0.4, 0.5) is 0 Å². The molecule has 6 nitrogen and oxygen atoms in total. The molecule has 27 heavy (non-hydrogen) atoms. The van der Waals surface area contributed by atoms with Gasteiger partial charge in [0, 0.05) is 12.1 Å². The Morgan fingerprint density at radius 1 is 1.15 bits per heavy atom. The van der Waals surface area contributed by atoms with E-state index in [4.69, 9.17) is 9.47 Å². The number of ether oxygens (including phenoxy) is 2. The molecule has 0 saturated heterocycles. The zero-order chi connectivity index (χ0) is 19.6. The van der Waals surface area contributed by atoms with Crippen LogP contribution in [-0.2, 0) is 31.9 Å². The molecule has 2 aromatic heterocycles. The number of aryl methyl sites for hydroxylation is 1. The Balaban J connectivity index is 2.00. The summed E-state index contributed by atoms with van der Waals surface area (Å²) in [4.78, 5) is 43.0. The van der Waals surface area contributed by atoms with Crippen molar-refractivity contribution in [2.24, 2.45) is 5.41 Å². The van der Waals surface area contributed by atoms with E-state index in [1.807, 2.05) is 11.4 Å². The van der Waals surface area contributed by atoms with Gasteiger partial charge in [-0.25, -0.2) is 4.98 Å². The quantitative estimate of drug-likeness (QED) is 0.431. The summed E-state index contributed by atoms with van der Waals surface area (Å²) in [5.74, 6) is -1.35. The van der Waals surface area contributed by atoms with Gasteiger partial charge in [-0.05, 0) is 55.8 Å². The van der Waals surface area contributed by atoms with Gasteiger partial charge in [0.1, 0.15) is 5.69 Å². The second kappa shape index (κ2) is 7.60. The number of aromatic nitrogens is 1. The van der Waals surface area contributed by atoms with Crippen LogP contribution in [0.15, 0.2) is 23.6 Å². The maximum atomic E-state index is 12.7. The molecule has 0 aliphatic heterocycles. The Morgan fingerprint density at radius 2 is 1.81 bits per heavy atom. The second-order valence-electron chi connectivity index (χ2n) is 6.41. The zero-order valence-electron chi connectivity index (χ0n) is 15.5. The van der Waals surface area contributed by atoms with Gasteiger partial charge < -0.3 is 9.47 Å². The molecule has 1 aliphatic carbocycles. The number of rotatable bonds is 6. The number of thiophene rings is 1. The number of nitrogens with zero attached hydrogens (tertiary/aromatic N) is 1. The van der Waals surface area contributed by atoms with E-state index >= 15 is 0 Å². The maximum Gasteiger partial charge on any atom is 0.324 e. The highest BCUT2D eigenvalue weighted by Gasteiger charge is 2.53. The molecule has 0 saturated carbocycles. The fraction of sp³-hybridized carbons (Fsp3) is 0.400. The van der Waals surface area contributed by atoms with Crippen LogP contribution in [0.3, 0.4) is 0 Å². The van der Waals surface area contributed by atoms with Crippen molar-refractivity contribution in [3.05, 3.63) is 51.0 Å². The number of hydrogen-bond acceptors (Lipinski definition) is 7. The van der Waals surface area contributed by atoms with Crippen LogP contribution < -0.4 is 0 Å². The Labute approximate surface area is 161 Å². The topological polar surface area (TPSA) is 82.6 Å². The van der Waals surface area contributed by atoms with Crippen molar-refractivity contribution in [1.29, 1.82) is 0 Å². The molecule has 0 aromatic carbocycles. The monoisotopic (exact) mass is 387 g/mol. The minimum absolute atomic E-state index is 0.147. The van der Waals surface area contributed by atoms with E-state index in [2.05, 4.69) is 4.98 Å². The van der Waals surface area contributed by atoms with Gasteiger partial charge >= 0.3 is 11.9 Å². The van der Waals surface area contributed by atoms with Crippen LogP contribution in [0.2, 0.25) is 0 Å². The number of carbonyl (C=O) groups excluding carboxylic acids is 3. The Bertz CT molecular complexity index is 870. The molecular formula is C20H21NO5S. The van der Waals surface area contributed by atoms with Crippen molar-refractivity contribution in [3.8, 4) is 0 Å². The predicted molar refractivity (Wildman–Crippen MR) is 99.8 cm³/mol. The first-order valence-corrected chi connectivity index (χ1v) is 9.73. The van der Waals surface area contributed by atoms with Gasteiger partial charge in [0.2, 0.25) is 5.78 Å². The van der Waals surface area contributed by atoms with Crippen molar-refractivity contribution in [1.82, 2.24) is 4.98 Å². The minimum atomic E-state index is -1.41. The molecule has 142 valence electrons. The lowest BCUT2D eigenvalue weighted by atomic mass is 9.84. The molecule has 0 amide bonds. The zero-order valence-corrected chi connectivity index (χ0v) is 16.4. The molecule has 0 bridgehead atoms. The summed E-state index contributed by atoms with van der Waals surface area (Å²) >= 11 is 1.35. The molecule has 0 atom stereocenters. The van der Waals surface area contributed by atoms with E-state index in [1.54, 1.807) is 32.9 Å². The smallest absolute Gasteiger partial charge is 0.324 e. The molecule has 3 rings (SSSR count). The number of hydrogen-bond donors (Lipinski definition) is 0. The van der Waals surface area contributed by atoms with Crippen molar-refractivity contribution in [2.45, 2.75) is 33.6 Å². The fourth-order valence-electron chi connectivity index (χ4n) is 3.41. The molecule has 7 heteroatoms. The van der Waals surface area contributed by atoms with E-state index in [1.165, 1.54) is 11.3 Å². The first kappa shape index (κ1) is 19.2. The third-order valence-electron chi connectivity index (χ3n) is 4.70. The normalized spacial score (nSPS) is 14.5. The third-order valence-corrected chi connectivity index (χ3v) is 5.57. The number of pyridine rings is 1. The second-order valence-corrected chi connectivity index (χ2v) is 7.36. The summed E-state index contributed by atoms with van der Waals surface area (Å²) in [6.45, 7) is 5.54. The van der Waals surface area contributed by atoms with Crippen LogP contribution in [-0.4, -0.2) is 35.9 Å². The largest absolute Gasteiger partial charge is 0.465 e. The molecule has 1 aliphatic rings. The van der Waals surface area contributed by atoms with E-state index < -0.39 is 17.4 Å². The van der Waals surface area contributed by atoms with Crippen molar-refractivity contribution >= 4 is 29.1 Å². The number of ketones is 1. The predicted octanol–water partition coefficient (Wildman–Crippen LogP) is 2.89. The van der Waals surface area contributed by atoms with Crippen LogP contribution in [0.1, 0.15) is 46.0 Å². The highest BCUT2D eigenvalue weighted by Crippen LogP contribution is 2.41. The molecule has 0 spiro atoms. The third kappa shape index (κ3) is 3.39. The minimum Gasteiger partial charge on any atom is -0.465 e. The lowest BCUT2D eigenvalue weighted by Gasteiger charge is -2.24. The van der Waals surface area contributed by atoms with E-state index in [-0.39, 0.29) is 31.8 Å². The van der Waals surface area contributed by atoms with Crippen LogP contribution in [0.5, 0.6) is 0 Å². The summed E-state index contributed by atoms with van der Waals surface area (Å²) in [5, 5.41) is 1.83. The van der Waals surface area contributed by atoms with Gasteiger partial charge in [-0.1, -0.05) is 6.07 Å². The summed E-state index contributed by atoms with van der Waals surface area (Å²) < 4.78 is 10.4. The Hall–Kier alpha value is -2.54. The molecule has 0 fully saturated rings. The SMILES string of the molecule is CCOC(=O)C1(C(=O)OCC)Cc2cc(C(=O)c3cccs3)nc(C)c2C1. The average molecular weight is 387 g/mol. The summed E-state index contributed by atoms with van der Waals surface area (Å²) in [7, 11) is 0. The first-order valence-electron chi connectivity index (χ1n) is 8.85. The highest BCUT2D eigenvalue weighted by molar-refractivity contribution is 7.12. The Kier molecular flexibility index (Phi) is 5.41. The van der Waals surface area contributed by atoms with Gasteiger partial charge in [0.15, 0.2) is 5.41 Å². The standard InChI is InChI=1S/C20H21NO5S/c1-4-25-18(23)20(19(24)26-5-2)10-13-9-15(21-12(3)14(13)11-20)17(22)16-7-6-8-27-16/h6-9H,4-5,10-11H2,1-3H3. The lowest BCUT2D eigenvalue weighted by molar-refractivity contribution is -0.171. The van der Waals surface area contributed by atoms with Crippen molar-refractivity contribution in [3.63, 3.8) is 0 Å². The summed E-state index contributed by atoms with van der Waals surface area (Å²) in [6, 6.07) is 5.24. The van der Waals surface area contributed by atoms with Gasteiger partial charge in [-0.3, -0.25) is 14.4 Å². The van der Waals surface area contributed by atoms with Crippen LogP contribution in [0, 0.1) is 12.3 Å².